The van der Waals surface area contributed by atoms with Gasteiger partial charge in [0.1, 0.15) is 5.78 Å². The summed E-state index contributed by atoms with van der Waals surface area (Å²) in [7, 11) is 0. The molecule has 0 saturated carbocycles. The zero-order chi connectivity index (χ0) is 8.85. The monoisotopic (exact) mass is 154 g/mol. The third-order valence-corrected chi connectivity index (χ3v) is 2.12. The van der Waals surface area contributed by atoms with Gasteiger partial charge >= 0.3 is 0 Å². The van der Waals surface area contributed by atoms with E-state index in [2.05, 4.69) is 13.5 Å². The summed E-state index contributed by atoms with van der Waals surface area (Å²) in [5, 5.41) is 0. The van der Waals surface area contributed by atoms with Crippen molar-refractivity contribution in [3.8, 4) is 0 Å². The summed E-state index contributed by atoms with van der Waals surface area (Å²) in [6.45, 7) is 9.62. The summed E-state index contributed by atoms with van der Waals surface area (Å²) >= 11 is 0. The quantitative estimate of drug-likeness (QED) is 0.556. The van der Waals surface area contributed by atoms with Gasteiger partial charge in [0.25, 0.3) is 0 Å². The van der Waals surface area contributed by atoms with Crippen LogP contribution in [0.25, 0.3) is 0 Å². The predicted octanol–water partition coefficient (Wildman–Crippen LogP) is 2.96. The van der Waals surface area contributed by atoms with Crippen LogP contribution < -0.4 is 0 Å². The van der Waals surface area contributed by atoms with E-state index < -0.39 is 0 Å². The van der Waals surface area contributed by atoms with Gasteiger partial charge in [-0.1, -0.05) is 26.0 Å². The largest absolute Gasteiger partial charge is 0.300 e. The van der Waals surface area contributed by atoms with Crippen LogP contribution in [0.3, 0.4) is 0 Å². The van der Waals surface area contributed by atoms with Crippen LogP contribution in [-0.2, 0) is 4.79 Å². The van der Waals surface area contributed by atoms with Gasteiger partial charge in [0.2, 0.25) is 0 Å². The molecule has 1 heteroatoms. The maximum absolute atomic E-state index is 10.8. The topological polar surface area (TPSA) is 17.1 Å². The molecule has 0 fully saturated rings. The van der Waals surface area contributed by atoms with Gasteiger partial charge in [-0.3, -0.25) is 4.79 Å². The molecule has 0 aromatic carbocycles. The Morgan fingerprint density at radius 2 is 2.09 bits per heavy atom. The lowest BCUT2D eigenvalue weighted by molar-refractivity contribution is -0.120. The van der Waals surface area contributed by atoms with E-state index >= 15 is 0 Å². The molecule has 0 aromatic rings. The highest BCUT2D eigenvalue weighted by Crippen LogP contribution is 2.13. The summed E-state index contributed by atoms with van der Waals surface area (Å²) in [5.41, 5.74) is 1.25. The number of allylic oxidation sites excluding steroid dienone is 1. The fourth-order valence-electron chi connectivity index (χ4n) is 0.801. The van der Waals surface area contributed by atoms with Crippen molar-refractivity contribution in [2.45, 2.75) is 40.0 Å². The molecular formula is C10H18O. The highest BCUT2D eigenvalue weighted by atomic mass is 16.1. The zero-order valence-electron chi connectivity index (χ0n) is 7.81. The van der Waals surface area contributed by atoms with Gasteiger partial charge in [0.05, 0.1) is 0 Å². The minimum absolute atomic E-state index is 0.207. The van der Waals surface area contributed by atoms with Crippen LogP contribution in [-0.4, -0.2) is 5.78 Å². The first-order chi connectivity index (χ1) is 5.07. The Kier molecular flexibility index (Phi) is 4.84. The van der Waals surface area contributed by atoms with Crippen molar-refractivity contribution in [2.24, 2.45) is 5.92 Å². The molecule has 0 bridgehead atoms. The molecule has 0 radical (unpaired) electrons. The highest BCUT2D eigenvalue weighted by molar-refractivity contribution is 5.77. The average molecular weight is 154 g/mol. The van der Waals surface area contributed by atoms with E-state index in [4.69, 9.17) is 0 Å². The van der Waals surface area contributed by atoms with Crippen molar-refractivity contribution >= 4 is 5.78 Å². The Morgan fingerprint density at radius 3 is 2.45 bits per heavy atom. The molecule has 0 saturated heterocycles. The lowest BCUT2D eigenvalue weighted by Crippen LogP contribution is -2.05. The second-order valence-corrected chi connectivity index (χ2v) is 3.15. The van der Waals surface area contributed by atoms with Crippen molar-refractivity contribution in [1.29, 1.82) is 0 Å². The number of hydrogen-bond donors (Lipinski definition) is 0. The van der Waals surface area contributed by atoms with Crippen molar-refractivity contribution in [1.82, 2.24) is 0 Å². The predicted molar refractivity (Wildman–Crippen MR) is 48.5 cm³/mol. The molecule has 1 nitrogen and oxygen atoms in total. The Bertz CT molecular complexity index is 147. The highest BCUT2D eigenvalue weighted by Gasteiger charge is 2.06. The third kappa shape index (κ3) is 4.77. The Balaban J connectivity index is 3.54. The van der Waals surface area contributed by atoms with E-state index in [-0.39, 0.29) is 11.7 Å². The second-order valence-electron chi connectivity index (χ2n) is 3.15. The second kappa shape index (κ2) is 5.11. The molecule has 0 aliphatic rings. The van der Waals surface area contributed by atoms with Crippen LogP contribution in [0.5, 0.6) is 0 Å². The van der Waals surface area contributed by atoms with E-state index in [1.165, 1.54) is 5.57 Å². The molecule has 0 spiro atoms. The first-order valence-corrected chi connectivity index (χ1v) is 4.25. The minimum atomic E-state index is 0.207. The molecule has 1 atom stereocenters. The van der Waals surface area contributed by atoms with E-state index in [1.54, 1.807) is 6.92 Å². The van der Waals surface area contributed by atoms with Gasteiger partial charge in [0, 0.05) is 5.92 Å². The molecular weight excluding hydrogens is 136 g/mol. The fourth-order valence-corrected chi connectivity index (χ4v) is 0.801. The zero-order valence-corrected chi connectivity index (χ0v) is 7.81. The van der Waals surface area contributed by atoms with E-state index in [0.29, 0.717) is 0 Å². The standard InChI is InChI=1S/C10H18O/c1-5-8(2)6-7-9(3)10(4)11/h9H,2,5-7H2,1,3-4H3. The SMILES string of the molecule is C=C(CC)CCC(C)C(C)=O. The summed E-state index contributed by atoms with van der Waals surface area (Å²) < 4.78 is 0. The smallest absolute Gasteiger partial charge is 0.132 e. The van der Waals surface area contributed by atoms with E-state index in [1.807, 2.05) is 6.92 Å². The van der Waals surface area contributed by atoms with Crippen LogP contribution in [0.1, 0.15) is 40.0 Å². The Labute approximate surface area is 69.5 Å². The van der Waals surface area contributed by atoms with Crippen molar-refractivity contribution in [3.63, 3.8) is 0 Å². The van der Waals surface area contributed by atoms with Crippen LogP contribution in [0.2, 0.25) is 0 Å². The molecule has 0 N–H and O–H groups in total. The normalized spacial score (nSPS) is 12.6. The molecule has 0 heterocycles. The first-order valence-electron chi connectivity index (χ1n) is 4.25. The molecule has 0 aliphatic carbocycles. The van der Waals surface area contributed by atoms with Gasteiger partial charge in [-0.05, 0) is 26.2 Å². The first kappa shape index (κ1) is 10.4. The number of ketones is 1. The molecule has 11 heavy (non-hydrogen) atoms. The summed E-state index contributed by atoms with van der Waals surface area (Å²) in [6, 6.07) is 0. The van der Waals surface area contributed by atoms with Crippen LogP contribution in [0, 0.1) is 5.92 Å². The number of hydrogen-bond acceptors (Lipinski definition) is 1. The summed E-state index contributed by atoms with van der Waals surface area (Å²) in [6.07, 6.45) is 2.99. The number of rotatable bonds is 5. The van der Waals surface area contributed by atoms with Crippen LogP contribution in [0.15, 0.2) is 12.2 Å². The average Bonchev–Trinajstić information content (AvgIpc) is 1.99. The number of carbonyl (C=O) groups excluding carboxylic acids is 1. The maximum atomic E-state index is 10.8. The van der Waals surface area contributed by atoms with Crippen LogP contribution in [0.4, 0.5) is 0 Å². The van der Waals surface area contributed by atoms with Crippen molar-refractivity contribution in [2.75, 3.05) is 0 Å². The molecule has 0 amide bonds. The summed E-state index contributed by atoms with van der Waals surface area (Å²) in [5.74, 6) is 0.493. The molecule has 1 unspecified atom stereocenters. The van der Waals surface area contributed by atoms with Gasteiger partial charge < -0.3 is 0 Å². The molecule has 0 aliphatic heterocycles. The molecule has 0 aromatic heterocycles. The lowest BCUT2D eigenvalue weighted by atomic mass is 9.98. The molecule has 0 rings (SSSR count). The van der Waals surface area contributed by atoms with Crippen LogP contribution >= 0.6 is 0 Å². The lowest BCUT2D eigenvalue weighted by Gasteiger charge is -2.07. The maximum Gasteiger partial charge on any atom is 0.132 e. The van der Waals surface area contributed by atoms with Crippen molar-refractivity contribution in [3.05, 3.63) is 12.2 Å². The van der Waals surface area contributed by atoms with Crippen molar-refractivity contribution < 1.29 is 4.79 Å². The number of Topliss-reactive ketones (excluding diaryl/α,β-unsaturated/α-hetero) is 1. The van der Waals surface area contributed by atoms with Gasteiger partial charge in [-0.25, -0.2) is 0 Å². The Morgan fingerprint density at radius 1 is 1.55 bits per heavy atom. The molecule has 64 valence electrons. The van der Waals surface area contributed by atoms with Gasteiger partial charge in [-0.15, -0.1) is 0 Å². The number of carbonyl (C=O) groups is 1. The Hall–Kier alpha value is -0.590. The van der Waals surface area contributed by atoms with Gasteiger partial charge in [-0.2, -0.15) is 0 Å². The minimum Gasteiger partial charge on any atom is -0.300 e. The third-order valence-electron chi connectivity index (χ3n) is 2.12. The van der Waals surface area contributed by atoms with E-state index in [9.17, 15) is 4.79 Å². The summed E-state index contributed by atoms with van der Waals surface area (Å²) in [4.78, 5) is 10.8. The van der Waals surface area contributed by atoms with Gasteiger partial charge in [0.15, 0.2) is 0 Å². The fraction of sp³-hybridized carbons (Fsp3) is 0.700. The van der Waals surface area contributed by atoms with E-state index in [0.717, 1.165) is 19.3 Å².